The van der Waals surface area contributed by atoms with Gasteiger partial charge >= 0.3 is 0 Å². The fourth-order valence-corrected chi connectivity index (χ4v) is 8.09. The minimum atomic E-state index is 1.23. The molecule has 0 aromatic carbocycles. The SMILES string of the molecule is CCCCCCCCCCCCCCCC[n+]1ccn(CCCCCCCCCCCCCC)c1CCCCCCCCCCCCCCC. The number of unbranched alkanes of at least 4 members (excludes halogenated alkanes) is 36. The van der Waals surface area contributed by atoms with E-state index in [0.29, 0.717) is 0 Å². The van der Waals surface area contributed by atoms with E-state index in [2.05, 4.69) is 42.3 Å². The number of aryl methyl sites for hydroxylation is 2. The first-order chi connectivity index (χ1) is 24.8. The van der Waals surface area contributed by atoms with Crippen LogP contribution < -0.4 is 4.57 Å². The summed E-state index contributed by atoms with van der Waals surface area (Å²) in [6, 6.07) is 0. The molecular formula is C48H95N2+. The molecule has 1 aromatic heterocycles. The topological polar surface area (TPSA) is 8.81 Å². The monoisotopic (exact) mass is 700 g/mol. The number of hydrogen-bond donors (Lipinski definition) is 0. The predicted molar refractivity (Wildman–Crippen MR) is 225 cm³/mol. The molecule has 0 aliphatic carbocycles. The molecule has 0 amide bonds. The summed E-state index contributed by atoms with van der Waals surface area (Å²) in [6.07, 6.45) is 62.3. The van der Waals surface area contributed by atoms with Crippen LogP contribution in [0.5, 0.6) is 0 Å². The van der Waals surface area contributed by atoms with E-state index in [4.69, 9.17) is 0 Å². The van der Waals surface area contributed by atoms with Crippen LogP contribution in [0.2, 0.25) is 0 Å². The van der Waals surface area contributed by atoms with Crippen LogP contribution >= 0.6 is 0 Å². The first kappa shape index (κ1) is 47.2. The van der Waals surface area contributed by atoms with E-state index in [0.717, 1.165) is 0 Å². The van der Waals surface area contributed by atoms with Crippen LogP contribution in [0.25, 0.3) is 0 Å². The Morgan fingerprint density at radius 1 is 0.340 bits per heavy atom. The molecule has 2 nitrogen and oxygen atoms in total. The molecule has 296 valence electrons. The zero-order valence-electron chi connectivity index (χ0n) is 35.2. The second-order valence-electron chi connectivity index (χ2n) is 16.6. The fourth-order valence-electron chi connectivity index (χ4n) is 8.09. The van der Waals surface area contributed by atoms with Gasteiger partial charge in [0.2, 0.25) is 0 Å². The molecular weight excluding hydrogens is 605 g/mol. The van der Waals surface area contributed by atoms with Gasteiger partial charge in [0.25, 0.3) is 5.82 Å². The Labute approximate surface area is 317 Å². The van der Waals surface area contributed by atoms with Crippen molar-refractivity contribution < 1.29 is 4.57 Å². The molecule has 0 radical (unpaired) electrons. The van der Waals surface area contributed by atoms with E-state index in [1.165, 1.54) is 270 Å². The summed E-state index contributed by atoms with van der Waals surface area (Å²) in [7, 11) is 0. The van der Waals surface area contributed by atoms with Gasteiger partial charge in [0, 0.05) is 6.42 Å². The lowest BCUT2D eigenvalue weighted by molar-refractivity contribution is -0.704. The van der Waals surface area contributed by atoms with Crippen molar-refractivity contribution in [1.82, 2.24) is 4.57 Å². The summed E-state index contributed by atoms with van der Waals surface area (Å²) in [5.74, 6) is 1.63. The number of hydrogen-bond acceptors (Lipinski definition) is 0. The summed E-state index contributed by atoms with van der Waals surface area (Å²) < 4.78 is 5.31. The maximum Gasteiger partial charge on any atom is 0.256 e. The van der Waals surface area contributed by atoms with Gasteiger partial charge in [0.1, 0.15) is 12.4 Å². The average molecular weight is 700 g/mol. The number of nitrogens with zero attached hydrogens (tertiary/aromatic N) is 2. The van der Waals surface area contributed by atoms with Gasteiger partial charge in [-0.1, -0.05) is 239 Å². The Hall–Kier alpha value is -0.790. The second-order valence-corrected chi connectivity index (χ2v) is 16.6. The molecule has 0 spiro atoms. The molecule has 1 heterocycles. The minimum Gasteiger partial charge on any atom is -0.234 e. The summed E-state index contributed by atoms with van der Waals surface area (Å²) in [4.78, 5) is 0. The zero-order valence-corrected chi connectivity index (χ0v) is 35.2. The van der Waals surface area contributed by atoms with Crippen molar-refractivity contribution in [3.05, 3.63) is 18.2 Å². The van der Waals surface area contributed by atoms with Gasteiger partial charge in [-0.05, 0) is 32.1 Å². The molecule has 0 unspecified atom stereocenters. The maximum atomic E-state index is 2.65. The molecule has 2 heteroatoms. The van der Waals surface area contributed by atoms with E-state index in [1.807, 2.05) is 0 Å². The Morgan fingerprint density at radius 2 is 0.620 bits per heavy atom. The van der Waals surface area contributed by atoms with E-state index >= 15 is 0 Å². The summed E-state index contributed by atoms with van der Waals surface area (Å²) in [5, 5.41) is 0. The summed E-state index contributed by atoms with van der Waals surface area (Å²) in [5.41, 5.74) is 0. The number of aromatic nitrogens is 2. The van der Waals surface area contributed by atoms with Gasteiger partial charge in [-0.15, -0.1) is 0 Å². The van der Waals surface area contributed by atoms with Gasteiger partial charge in [-0.2, -0.15) is 0 Å². The van der Waals surface area contributed by atoms with Gasteiger partial charge in [0.15, 0.2) is 0 Å². The Balaban J connectivity index is 2.27. The molecule has 0 atom stereocenters. The van der Waals surface area contributed by atoms with E-state index in [9.17, 15) is 0 Å². The molecule has 0 saturated heterocycles. The molecule has 0 fully saturated rings. The average Bonchev–Trinajstić information content (AvgIpc) is 3.51. The van der Waals surface area contributed by atoms with Gasteiger partial charge < -0.3 is 0 Å². The molecule has 0 N–H and O–H groups in total. The molecule has 50 heavy (non-hydrogen) atoms. The first-order valence-electron chi connectivity index (χ1n) is 23.9. The van der Waals surface area contributed by atoms with Crippen LogP contribution in [-0.2, 0) is 19.5 Å². The smallest absolute Gasteiger partial charge is 0.234 e. The number of imidazole rings is 1. The maximum absolute atomic E-state index is 2.65. The quantitative estimate of drug-likeness (QED) is 0.0474. The molecule has 1 aromatic rings. The van der Waals surface area contributed by atoms with Crippen molar-refractivity contribution in [2.75, 3.05) is 0 Å². The third-order valence-electron chi connectivity index (χ3n) is 11.6. The molecule has 0 bridgehead atoms. The van der Waals surface area contributed by atoms with Crippen molar-refractivity contribution >= 4 is 0 Å². The van der Waals surface area contributed by atoms with Crippen molar-refractivity contribution in [1.29, 1.82) is 0 Å². The van der Waals surface area contributed by atoms with Crippen molar-refractivity contribution in [3.8, 4) is 0 Å². The van der Waals surface area contributed by atoms with Crippen LogP contribution in [0.1, 0.15) is 277 Å². The van der Waals surface area contributed by atoms with E-state index in [1.54, 1.807) is 5.82 Å². The van der Waals surface area contributed by atoms with Crippen LogP contribution in [0.15, 0.2) is 12.4 Å². The van der Waals surface area contributed by atoms with Crippen molar-refractivity contribution in [3.63, 3.8) is 0 Å². The van der Waals surface area contributed by atoms with Gasteiger partial charge in [-0.25, -0.2) is 9.13 Å². The highest BCUT2D eigenvalue weighted by molar-refractivity contribution is 4.84. The third-order valence-corrected chi connectivity index (χ3v) is 11.6. The van der Waals surface area contributed by atoms with Crippen LogP contribution in [0, 0.1) is 0 Å². The van der Waals surface area contributed by atoms with Gasteiger partial charge in [-0.3, -0.25) is 0 Å². The molecule has 1 rings (SSSR count). The van der Waals surface area contributed by atoms with Gasteiger partial charge in [0.05, 0.1) is 13.1 Å². The van der Waals surface area contributed by atoms with E-state index < -0.39 is 0 Å². The van der Waals surface area contributed by atoms with Crippen molar-refractivity contribution in [2.45, 2.75) is 291 Å². The Bertz CT molecular complexity index is 766. The lowest BCUT2D eigenvalue weighted by atomic mass is 10.0. The van der Waals surface area contributed by atoms with Crippen LogP contribution in [0.4, 0.5) is 0 Å². The third kappa shape index (κ3) is 30.8. The predicted octanol–water partition coefficient (Wildman–Crippen LogP) is 16.6. The normalized spacial score (nSPS) is 11.7. The zero-order chi connectivity index (χ0) is 35.8. The minimum absolute atomic E-state index is 1.23. The molecule has 0 aliphatic rings. The Morgan fingerprint density at radius 3 is 0.960 bits per heavy atom. The first-order valence-corrected chi connectivity index (χ1v) is 23.9. The molecule has 0 aliphatic heterocycles. The lowest BCUT2D eigenvalue weighted by Gasteiger charge is -2.07. The standard InChI is InChI=1S/C48H95N2/c1-4-7-10-13-16-19-22-25-27-30-33-36-39-42-45-50-47-46-49(44-41-38-35-32-29-24-21-18-15-12-9-6-3)48(50)43-40-37-34-31-28-26-23-20-17-14-11-8-5-2/h46-47H,4-45H2,1-3H3/q+1. The fraction of sp³-hybridized carbons (Fsp3) is 0.938. The molecule has 0 saturated carbocycles. The van der Waals surface area contributed by atoms with Crippen molar-refractivity contribution in [2.24, 2.45) is 0 Å². The van der Waals surface area contributed by atoms with Crippen LogP contribution in [0.3, 0.4) is 0 Å². The summed E-state index contributed by atoms with van der Waals surface area (Å²) >= 11 is 0. The summed E-state index contributed by atoms with van der Waals surface area (Å²) in [6.45, 7) is 9.41. The van der Waals surface area contributed by atoms with Crippen LogP contribution in [-0.4, -0.2) is 4.57 Å². The lowest BCUT2D eigenvalue weighted by Crippen LogP contribution is -2.37. The second kappa shape index (κ2) is 39.4. The highest BCUT2D eigenvalue weighted by Gasteiger charge is 2.16. The number of rotatable bonds is 42. The highest BCUT2D eigenvalue weighted by atomic mass is 15.1. The highest BCUT2D eigenvalue weighted by Crippen LogP contribution is 2.16. The largest absolute Gasteiger partial charge is 0.256 e. The Kier molecular flexibility index (Phi) is 37.2. The van der Waals surface area contributed by atoms with E-state index in [-0.39, 0.29) is 0 Å².